The molecule has 0 bridgehead atoms. The van der Waals surface area contributed by atoms with Crippen LogP contribution in [0, 0.1) is 11.8 Å². The second-order valence-electron chi connectivity index (χ2n) is 7.27. The van der Waals surface area contributed by atoms with Gasteiger partial charge >= 0.3 is 5.97 Å². The van der Waals surface area contributed by atoms with Crippen LogP contribution in [-0.2, 0) is 25.5 Å². The lowest BCUT2D eigenvalue weighted by Gasteiger charge is -2.29. The van der Waals surface area contributed by atoms with Crippen molar-refractivity contribution in [2.75, 3.05) is 35.5 Å². The average Bonchev–Trinajstić information content (AvgIpc) is 3.00. The number of carbonyl (C=O) groups is 2. The van der Waals surface area contributed by atoms with Crippen LogP contribution in [0.2, 0.25) is 0 Å². The fourth-order valence-corrected chi connectivity index (χ4v) is 4.67. The van der Waals surface area contributed by atoms with Crippen molar-refractivity contribution in [2.24, 2.45) is 11.8 Å². The van der Waals surface area contributed by atoms with Crippen molar-refractivity contribution in [3.8, 4) is 17.2 Å². The number of hydrogen-bond donors (Lipinski definition) is 0. The number of benzene rings is 1. The van der Waals surface area contributed by atoms with E-state index in [0.717, 1.165) is 11.1 Å². The first kappa shape index (κ1) is 21.0. The quantitative estimate of drug-likeness (QED) is 0.698. The van der Waals surface area contributed by atoms with Crippen molar-refractivity contribution in [1.29, 1.82) is 0 Å². The number of ether oxygens (including phenoxy) is 5. The molecule has 2 aliphatic rings. The van der Waals surface area contributed by atoms with Crippen LogP contribution in [0.5, 0.6) is 17.2 Å². The molecule has 0 fully saturated rings. The summed E-state index contributed by atoms with van der Waals surface area (Å²) < 4.78 is 27.3. The highest BCUT2D eigenvalue weighted by Crippen LogP contribution is 2.52. The van der Waals surface area contributed by atoms with Crippen molar-refractivity contribution in [3.63, 3.8) is 0 Å². The van der Waals surface area contributed by atoms with E-state index in [4.69, 9.17) is 23.7 Å². The lowest BCUT2D eigenvalue weighted by molar-refractivity contribution is -0.147. The minimum atomic E-state index is -0.393. The molecule has 3 unspecified atom stereocenters. The van der Waals surface area contributed by atoms with Crippen molar-refractivity contribution in [3.05, 3.63) is 29.0 Å². The van der Waals surface area contributed by atoms with Crippen molar-refractivity contribution >= 4 is 11.8 Å². The average molecular weight is 404 g/mol. The molecule has 7 nitrogen and oxygen atoms in total. The maximum absolute atomic E-state index is 12.7. The summed E-state index contributed by atoms with van der Waals surface area (Å²) in [5.74, 6) is 0.857. The lowest BCUT2D eigenvalue weighted by Crippen LogP contribution is -2.27. The van der Waals surface area contributed by atoms with Gasteiger partial charge in [0.15, 0.2) is 23.0 Å². The second-order valence-corrected chi connectivity index (χ2v) is 7.27. The highest BCUT2D eigenvalue weighted by molar-refractivity contribution is 5.94. The predicted molar refractivity (Wildman–Crippen MR) is 105 cm³/mol. The molecule has 0 radical (unpaired) electrons. The number of ketones is 1. The molecule has 3 atom stereocenters. The molecule has 1 aromatic rings. The predicted octanol–water partition coefficient (Wildman–Crippen LogP) is 3.04. The van der Waals surface area contributed by atoms with E-state index < -0.39 is 5.92 Å². The van der Waals surface area contributed by atoms with E-state index in [2.05, 4.69) is 0 Å². The third-order valence-electron chi connectivity index (χ3n) is 6.00. The van der Waals surface area contributed by atoms with Gasteiger partial charge in [-0.1, -0.05) is 0 Å². The first-order valence-electron chi connectivity index (χ1n) is 9.69. The maximum Gasteiger partial charge on any atom is 0.309 e. The third-order valence-corrected chi connectivity index (χ3v) is 6.00. The Morgan fingerprint density at radius 1 is 0.931 bits per heavy atom. The number of hydrogen-bond acceptors (Lipinski definition) is 7. The van der Waals surface area contributed by atoms with E-state index in [0.29, 0.717) is 48.7 Å². The number of rotatable bonds is 5. The molecular weight excluding hydrogens is 376 g/mol. The number of esters is 1. The highest BCUT2D eigenvalue weighted by atomic mass is 16.5. The second kappa shape index (κ2) is 8.76. The topological polar surface area (TPSA) is 80.3 Å². The van der Waals surface area contributed by atoms with Gasteiger partial charge in [0, 0.05) is 17.9 Å². The molecule has 158 valence electrons. The zero-order valence-corrected chi connectivity index (χ0v) is 17.6. The van der Waals surface area contributed by atoms with E-state index in [-0.39, 0.29) is 23.6 Å². The van der Waals surface area contributed by atoms with E-state index >= 15 is 0 Å². The monoisotopic (exact) mass is 404 g/mol. The summed E-state index contributed by atoms with van der Waals surface area (Å²) in [5, 5.41) is 0. The summed E-state index contributed by atoms with van der Waals surface area (Å²) in [6, 6.07) is 1.95. The third kappa shape index (κ3) is 3.66. The first-order chi connectivity index (χ1) is 14.0. The minimum absolute atomic E-state index is 0.0646. The van der Waals surface area contributed by atoms with Gasteiger partial charge in [-0.25, -0.2) is 0 Å². The molecule has 0 heterocycles. The summed E-state index contributed by atoms with van der Waals surface area (Å²) in [5.41, 5.74) is 1.99. The SMILES string of the molecule is COC(=O)C1CCc2cc(OC)c(OC)c(OC)c2C2CCC(=O)C(OC)=CC12. The Labute approximate surface area is 170 Å². The fraction of sp³-hybridized carbons (Fsp3) is 0.545. The maximum atomic E-state index is 12.7. The van der Waals surface area contributed by atoms with Gasteiger partial charge in [0.25, 0.3) is 0 Å². The normalized spacial score (nSPS) is 23.6. The standard InChI is InChI=1S/C22H28O7/c1-25-17-11-15-13(8-9-16(17)23)19-12(6-7-14(15)22(24)29-5)10-18(26-2)20(27-3)21(19)28-4/h10-11,13-15H,6-9H2,1-5H3. The van der Waals surface area contributed by atoms with Gasteiger partial charge in [-0.2, -0.15) is 0 Å². The molecule has 0 aromatic heterocycles. The van der Waals surface area contributed by atoms with Crippen LogP contribution < -0.4 is 14.2 Å². The number of aryl methyl sites for hydroxylation is 1. The molecule has 0 spiro atoms. The van der Waals surface area contributed by atoms with Crippen LogP contribution in [0.1, 0.15) is 36.3 Å². The number of Topliss-reactive ketones (excluding diaryl/α,β-unsaturated/α-hetero) is 1. The van der Waals surface area contributed by atoms with Crippen LogP contribution in [-0.4, -0.2) is 47.3 Å². The van der Waals surface area contributed by atoms with Crippen LogP contribution >= 0.6 is 0 Å². The van der Waals surface area contributed by atoms with Gasteiger partial charge in [0.1, 0.15) is 0 Å². The Kier molecular flexibility index (Phi) is 6.35. The van der Waals surface area contributed by atoms with Gasteiger partial charge in [-0.05, 0) is 42.9 Å². The molecule has 0 aliphatic heterocycles. The molecular formula is C22H28O7. The van der Waals surface area contributed by atoms with Crippen LogP contribution in [0.25, 0.3) is 0 Å². The molecule has 0 N–H and O–H groups in total. The summed E-state index contributed by atoms with van der Waals surface area (Å²) in [4.78, 5) is 25.2. The van der Waals surface area contributed by atoms with Crippen molar-refractivity contribution in [1.82, 2.24) is 0 Å². The van der Waals surface area contributed by atoms with Gasteiger partial charge < -0.3 is 23.7 Å². The minimum Gasteiger partial charge on any atom is -0.493 e. The Bertz CT molecular complexity index is 827. The van der Waals surface area contributed by atoms with E-state index in [1.165, 1.54) is 14.2 Å². The molecule has 2 aliphatic carbocycles. The lowest BCUT2D eigenvalue weighted by atomic mass is 9.76. The first-order valence-corrected chi connectivity index (χ1v) is 9.69. The van der Waals surface area contributed by atoms with E-state index in [1.54, 1.807) is 27.4 Å². The summed E-state index contributed by atoms with van der Waals surface area (Å²) in [7, 11) is 7.62. The Morgan fingerprint density at radius 3 is 2.24 bits per heavy atom. The number of carbonyl (C=O) groups excluding carboxylic acids is 2. The largest absolute Gasteiger partial charge is 0.493 e. The fourth-order valence-electron chi connectivity index (χ4n) is 4.67. The number of methoxy groups -OCH3 is 5. The summed E-state index contributed by atoms with van der Waals surface area (Å²) in [6.07, 6.45) is 3.93. The van der Waals surface area contributed by atoms with E-state index in [1.807, 2.05) is 6.07 Å². The summed E-state index contributed by atoms with van der Waals surface area (Å²) >= 11 is 0. The Hall–Kier alpha value is -2.70. The van der Waals surface area contributed by atoms with Gasteiger partial charge in [-0.15, -0.1) is 0 Å². The highest BCUT2D eigenvalue weighted by Gasteiger charge is 2.42. The zero-order valence-electron chi connectivity index (χ0n) is 17.6. The molecule has 1 aromatic carbocycles. The van der Waals surface area contributed by atoms with Crippen molar-refractivity contribution in [2.45, 2.75) is 31.6 Å². The van der Waals surface area contributed by atoms with Crippen LogP contribution in [0.15, 0.2) is 17.9 Å². The zero-order chi connectivity index (χ0) is 21.1. The Morgan fingerprint density at radius 2 is 1.66 bits per heavy atom. The van der Waals surface area contributed by atoms with Gasteiger partial charge in [0.2, 0.25) is 5.75 Å². The molecule has 7 heteroatoms. The summed E-state index contributed by atoms with van der Waals surface area (Å²) in [6.45, 7) is 0. The smallest absolute Gasteiger partial charge is 0.309 e. The van der Waals surface area contributed by atoms with Gasteiger partial charge in [-0.3, -0.25) is 9.59 Å². The number of allylic oxidation sites excluding steroid dienone is 2. The molecule has 0 saturated carbocycles. The Balaban J connectivity index is 2.26. The molecule has 29 heavy (non-hydrogen) atoms. The molecule has 3 rings (SSSR count). The molecule has 0 amide bonds. The van der Waals surface area contributed by atoms with Crippen LogP contribution in [0.4, 0.5) is 0 Å². The van der Waals surface area contributed by atoms with Gasteiger partial charge in [0.05, 0.1) is 41.5 Å². The van der Waals surface area contributed by atoms with Crippen molar-refractivity contribution < 1.29 is 33.3 Å². The van der Waals surface area contributed by atoms with Crippen LogP contribution in [0.3, 0.4) is 0 Å². The molecule has 0 saturated heterocycles. The number of fused-ring (bicyclic) bond motifs is 3. The van der Waals surface area contributed by atoms with E-state index in [9.17, 15) is 9.59 Å².